The summed E-state index contributed by atoms with van der Waals surface area (Å²) < 4.78 is 0. The molecule has 1 aromatic carbocycles. The minimum Gasteiger partial charge on any atom is -0.325 e. The minimum absolute atomic E-state index is 0.143. The molecule has 0 amide bonds. The highest BCUT2D eigenvalue weighted by atomic mass is 14.8. The van der Waals surface area contributed by atoms with E-state index in [4.69, 9.17) is 5.73 Å². The summed E-state index contributed by atoms with van der Waals surface area (Å²) >= 11 is 0. The van der Waals surface area contributed by atoms with E-state index < -0.39 is 0 Å². The van der Waals surface area contributed by atoms with Gasteiger partial charge in [0, 0.05) is 5.54 Å². The van der Waals surface area contributed by atoms with Crippen LogP contribution in [0.1, 0.15) is 68.4 Å². The Morgan fingerprint density at radius 2 is 1.56 bits per heavy atom. The molecule has 18 heavy (non-hydrogen) atoms. The van der Waals surface area contributed by atoms with Crippen LogP contribution in [-0.2, 0) is 6.42 Å². The Hall–Kier alpha value is -0.820. The topological polar surface area (TPSA) is 26.0 Å². The average Bonchev–Trinajstić information content (AvgIpc) is 3.14. The average molecular weight is 243 g/mol. The molecule has 0 unspecified atom stereocenters. The molecular formula is C17H25N. The Morgan fingerprint density at radius 3 is 2.11 bits per heavy atom. The van der Waals surface area contributed by atoms with Crippen molar-refractivity contribution in [2.45, 2.75) is 69.2 Å². The largest absolute Gasteiger partial charge is 0.325 e. The van der Waals surface area contributed by atoms with Crippen LogP contribution in [0.25, 0.3) is 0 Å². The predicted molar refractivity (Wildman–Crippen MR) is 76.7 cm³/mol. The quantitative estimate of drug-likeness (QED) is 0.793. The van der Waals surface area contributed by atoms with Crippen molar-refractivity contribution >= 4 is 0 Å². The molecule has 0 spiro atoms. The van der Waals surface area contributed by atoms with Gasteiger partial charge in [-0.1, -0.05) is 49.9 Å². The van der Waals surface area contributed by atoms with Crippen LogP contribution in [0.15, 0.2) is 24.3 Å². The second-order valence-electron chi connectivity index (χ2n) is 6.47. The van der Waals surface area contributed by atoms with Gasteiger partial charge in [0.15, 0.2) is 0 Å². The standard InChI is InChI=1S/C17H25N/c18-17(11-12-17)13-14-7-9-16(10-8-14)15-5-3-1-2-4-6-15/h7-10,15H,1-6,11-13,18H2. The molecule has 0 atom stereocenters. The van der Waals surface area contributed by atoms with E-state index in [0.29, 0.717) is 0 Å². The van der Waals surface area contributed by atoms with E-state index in [0.717, 1.165) is 12.3 Å². The van der Waals surface area contributed by atoms with Crippen molar-refractivity contribution in [1.82, 2.24) is 0 Å². The van der Waals surface area contributed by atoms with Gasteiger partial charge in [-0.3, -0.25) is 0 Å². The molecule has 1 nitrogen and oxygen atoms in total. The summed E-state index contributed by atoms with van der Waals surface area (Å²) in [5, 5.41) is 0. The van der Waals surface area contributed by atoms with Gasteiger partial charge in [0.1, 0.15) is 0 Å². The van der Waals surface area contributed by atoms with E-state index in [1.54, 1.807) is 5.56 Å². The van der Waals surface area contributed by atoms with Gasteiger partial charge in [0.25, 0.3) is 0 Å². The van der Waals surface area contributed by atoms with Crippen molar-refractivity contribution in [2.75, 3.05) is 0 Å². The molecule has 0 aromatic heterocycles. The van der Waals surface area contributed by atoms with E-state index in [-0.39, 0.29) is 5.54 Å². The van der Waals surface area contributed by atoms with Gasteiger partial charge >= 0.3 is 0 Å². The van der Waals surface area contributed by atoms with Crippen LogP contribution in [0, 0.1) is 0 Å². The van der Waals surface area contributed by atoms with Crippen molar-refractivity contribution < 1.29 is 0 Å². The molecule has 2 aliphatic carbocycles. The fourth-order valence-electron chi connectivity index (χ4n) is 3.26. The molecule has 2 fully saturated rings. The fraction of sp³-hybridized carbons (Fsp3) is 0.647. The maximum atomic E-state index is 6.18. The van der Waals surface area contributed by atoms with Crippen LogP contribution in [0.5, 0.6) is 0 Å². The van der Waals surface area contributed by atoms with E-state index >= 15 is 0 Å². The first-order valence-electron chi connectivity index (χ1n) is 7.63. The van der Waals surface area contributed by atoms with Gasteiger partial charge in [-0.05, 0) is 49.1 Å². The van der Waals surface area contributed by atoms with Crippen LogP contribution in [0.3, 0.4) is 0 Å². The maximum absolute atomic E-state index is 6.18. The molecule has 2 saturated carbocycles. The van der Waals surface area contributed by atoms with Crippen molar-refractivity contribution in [2.24, 2.45) is 5.73 Å². The Kier molecular flexibility index (Phi) is 3.43. The number of rotatable bonds is 3. The molecule has 0 aliphatic heterocycles. The van der Waals surface area contributed by atoms with E-state index in [2.05, 4.69) is 24.3 Å². The summed E-state index contributed by atoms with van der Waals surface area (Å²) in [6, 6.07) is 9.34. The highest BCUT2D eigenvalue weighted by Gasteiger charge is 2.37. The molecule has 1 aromatic rings. The van der Waals surface area contributed by atoms with Crippen LogP contribution < -0.4 is 5.73 Å². The molecule has 0 saturated heterocycles. The zero-order valence-corrected chi connectivity index (χ0v) is 11.3. The van der Waals surface area contributed by atoms with Crippen molar-refractivity contribution in [1.29, 1.82) is 0 Å². The van der Waals surface area contributed by atoms with Crippen LogP contribution >= 0.6 is 0 Å². The second kappa shape index (κ2) is 5.05. The SMILES string of the molecule is NC1(Cc2ccc(C3CCCCCC3)cc2)CC1. The maximum Gasteiger partial charge on any atom is 0.0196 e. The van der Waals surface area contributed by atoms with Gasteiger partial charge < -0.3 is 5.73 Å². The number of nitrogens with two attached hydrogens (primary N) is 1. The van der Waals surface area contributed by atoms with Crippen LogP contribution in [-0.4, -0.2) is 5.54 Å². The highest BCUT2D eigenvalue weighted by molar-refractivity contribution is 5.28. The lowest BCUT2D eigenvalue weighted by molar-refractivity contribution is 0.592. The summed E-state index contributed by atoms with van der Waals surface area (Å²) in [5.74, 6) is 0.814. The van der Waals surface area contributed by atoms with Gasteiger partial charge in [-0.15, -0.1) is 0 Å². The predicted octanol–water partition coefficient (Wildman–Crippen LogP) is 4.16. The van der Waals surface area contributed by atoms with Crippen molar-refractivity contribution in [3.63, 3.8) is 0 Å². The summed E-state index contributed by atoms with van der Waals surface area (Å²) in [5.41, 5.74) is 9.30. The third kappa shape index (κ3) is 2.95. The van der Waals surface area contributed by atoms with Gasteiger partial charge in [0.2, 0.25) is 0 Å². The molecule has 98 valence electrons. The summed E-state index contributed by atoms with van der Waals surface area (Å²) in [6.45, 7) is 0. The molecule has 3 rings (SSSR count). The Bertz CT molecular complexity index is 381. The Balaban J connectivity index is 1.65. The molecule has 2 N–H and O–H groups in total. The molecule has 1 heteroatoms. The number of hydrogen-bond acceptors (Lipinski definition) is 1. The Morgan fingerprint density at radius 1 is 0.944 bits per heavy atom. The first-order valence-corrected chi connectivity index (χ1v) is 7.63. The summed E-state index contributed by atoms with van der Waals surface area (Å²) in [6.07, 6.45) is 12.0. The van der Waals surface area contributed by atoms with Crippen LogP contribution in [0.2, 0.25) is 0 Å². The van der Waals surface area contributed by atoms with Gasteiger partial charge in [-0.25, -0.2) is 0 Å². The lowest BCUT2D eigenvalue weighted by atomic mass is 9.90. The number of hydrogen-bond donors (Lipinski definition) is 1. The third-order valence-electron chi connectivity index (χ3n) is 4.75. The van der Waals surface area contributed by atoms with Crippen LogP contribution in [0.4, 0.5) is 0 Å². The monoisotopic (exact) mass is 243 g/mol. The van der Waals surface area contributed by atoms with Crippen molar-refractivity contribution in [3.8, 4) is 0 Å². The Labute approximate surface area is 111 Å². The summed E-state index contributed by atoms with van der Waals surface area (Å²) in [7, 11) is 0. The molecular weight excluding hydrogens is 218 g/mol. The number of benzene rings is 1. The molecule has 0 heterocycles. The normalized spacial score (nSPS) is 23.6. The zero-order valence-electron chi connectivity index (χ0n) is 11.3. The van der Waals surface area contributed by atoms with E-state index in [1.807, 2.05) is 0 Å². The molecule has 0 bridgehead atoms. The first kappa shape index (κ1) is 12.2. The fourth-order valence-corrected chi connectivity index (χ4v) is 3.26. The minimum atomic E-state index is 0.143. The smallest absolute Gasteiger partial charge is 0.0196 e. The third-order valence-corrected chi connectivity index (χ3v) is 4.75. The summed E-state index contributed by atoms with van der Waals surface area (Å²) in [4.78, 5) is 0. The van der Waals surface area contributed by atoms with Gasteiger partial charge in [0.05, 0.1) is 0 Å². The first-order chi connectivity index (χ1) is 8.75. The van der Waals surface area contributed by atoms with E-state index in [9.17, 15) is 0 Å². The lowest BCUT2D eigenvalue weighted by Gasteiger charge is -2.15. The second-order valence-corrected chi connectivity index (χ2v) is 6.47. The van der Waals surface area contributed by atoms with E-state index in [1.165, 1.54) is 56.9 Å². The lowest BCUT2D eigenvalue weighted by Crippen LogP contribution is -2.24. The molecule has 0 radical (unpaired) electrons. The van der Waals surface area contributed by atoms with Crippen molar-refractivity contribution in [3.05, 3.63) is 35.4 Å². The van der Waals surface area contributed by atoms with Gasteiger partial charge in [-0.2, -0.15) is 0 Å². The zero-order chi connectivity index (χ0) is 12.4. The highest BCUT2D eigenvalue weighted by Crippen LogP contribution is 2.36. The molecule has 2 aliphatic rings.